The average Bonchev–Trinajstić information content (AvgIpc) is 2.50. The first kappa shape index (κ1) is 15.0. The van der Waals surface area contributed by atoms with Gasteiger partial charge < -0.3 is 10.2 Å². The fourth-order valence-electron chi connectivity index (χ4n) is 1.42. The van der Waals surface area contributed by atoms with Gasteiger partial charge in [-0.05, 0) is 24.3 Å². The Balaban J connectivity index is 1.87. The quantitative estimate of drug-likeness (QED) is 0.484. The van der Waals surface area contributed by atoms with Crippen molar-refractivity contribution >= 4 is 17.0 Å². The molecule has 7 nitrogen and oxygen atoms in total. The third kappa shape index (κ3) is 4.02. The number of carbonyl (C=O) groups is 1. The predicted octanol–water partition coefficient (Wildman–Crippen LogP) is 0.987. The van der Waals surface area contributed by atoms with Gasteiger partial charge in [0.15, 0.2) is 11.5 Å². The molecule has 2 aromatic carbocycles. The summed E-state index contributed by atoms with van der Waals surface area (Å²) < 4.78 is 16.4. The molecule has 0 aliphatic heterocycles. The van der Waals surface area contributed by atoms with Crippen LogP contribution in [0.2, 0.25) is 0 Å². The molecule has 0 spiro atoms. The van der Waals surface area contributed by atoms with E-state index in [0.717, 1.165) is 6.07 Å². The summed E-state index contributed by atoms with van der Waals surface area (Å²) in [5.41, 5.74) is 4.69. The lowest BCUT2D eigenvalue weighted by Crippen LogP contribution is -2.37. The molecule has 2 aromatic rings. The average molecular weight is 308 g/mol. The van der Waals surface area contributed by atoms with Gasteiger partial charge in [0.25, 0.3) is 5.91 Å². The first-order valence-electron chi connectivity index (χ1n) is 5.79. The molecule has 110 valence electrons. The first-order valence-corrected chi connectivity index (χ1v) is 6.87. The summed E-state index contributed by atoms with van der Waals surface area (Å²) in [5, 5.41) is 18.4. The van der Waals surface area contributed by atoms with Gasteiger partial charge in [-0.2, -0.15) is 4.28 Å². The highest BCUT2D eigenvalue weighted by atomic mass is 32.2. The van der Waals surface area contributed by atoms with Crippen molar-refractivity contribution in [1.29, 1.82) is 0 Å². The second-order valence-electron chi connectivity index (χ2n) is 3.89. The van der Waals surface area contributed by atoms with Gasteiger partial charge in [-0.25, -0.2) is 4.21 Å². The van der Waals surface area contributed by atoms with Gasteiger partial charge in [0.2, 0.25) is 11.1 Å². The van der Waals surface area contributed by atoms with Crippen LogP contribution in [-0.4, -0.2) is 20.3 Å². The smallest absolute Gasteiger partial charge is 0.267 e. The van der Waals surface area contributed by atoms with Crippen LogP contribution >= 0.6 is 0 Å². The minimum atomic E-state index is -1.97. The van der Waals surface area contributed by atoms with Gasteiger partial charge in [0, 0.05) is 11.6 Å². The molecule has 0 fully saturated rings. The number of amides is 1. The van der Waals surface area contributed by atoms with E-state index in [1.165, 1.54) is 12.1 Å². The van der Waals surface area contributed by atoms with Crippen molar-refractivity contribution in [2.24, 2.45) is 0 Å². The van der Waals surface area contributed by atoms with Crippen molar-refractivity contribution in [2.45, 2.75) is 4.90 Å². The molecule has 0 aliphatic rings. The maximum Gasteiger partial charge on any atom is 0.267 e. The lowest BCUT2D eigenvalue weighted by molar-refractivity contribution is 0.0821. The molecular formula is C13H12N2O5S. The second kappa shape index (κ2) is 6.84. The predicted molar refractivity (Wildman–Crippen MR) is 74.3 cm³/mol. The SMILES string of the molecule is O=C(NNOS(=O)c1ccc(O)c(O)c1)c1ccccc1. The summed E-state index contributed by atoms with van der Waals surface area (Å²) in [6, 6.07) is 12.0. The number of hydrogen-bond donors (Lipinski definition) is 4. The second-order valence-corrected chi connectivity index (χ2v) is 5.00. The van der Waals surface area contributed by atoms with Crippen LogP contribution in [0.1, 0.15) is 10.4 Å². The van der Waals surface area contributed by atoms with Gasteiger partial charge in [-0.15, -0.1) is 0 Å². The lowest BCUT2D eigenvalue weighted by atomic mass is 10.2. The molecule has 8 heteroatoms. The van der Waals surface area contributed by atoms with E-state index in [-0.39, 0.29) is 10.6 Å². The molecule has 1 unspecified atom stereocenters. The molecule has 2 rings (SSSR count). The highest BCUT2D eigenvalue weighted by Gasteiger charge is 2.09. The van der Waals surface area contributed by atoms with Crippen LogP contribution in [0.5, 0.6) is 11.5 Å². The van der Waals surface area contributed by atoms with Crippen LogP contribution in [0.15, 0.2) is 53.4 Å². The normalized spacial score (nSPS) is 11.8. The van der Waals surface area contributed by atoms with E-state index in [2.05, 4.69) is 11.0 Å². The Kier molecular flexibility index (Phi) is 4.88. The molecule has 0 saturated carbocycles. The van der Waals surface area contributed by atoms with E-state index in [1.807, 2.05) is 0 Å². The molecular weight excluding hydrogens is 296 g/mol. The minimum absolute atomic E-state index is 0.117. The number of aromatic hydroxyl groups is 2. The number of phenolic OH excluding ortho intramolecular Hbond substituents is 2. The Labute approximate surface area is 122 Å². The first-order chi connectivity index (χ1) is 10.1. The Morgan fingerprint density at radius 3 is 2.43 bits per heavy atom. The van der Waals surface area contributed by atoms with Crippen molar-refractivity contribution in [2.75, 3.05) is 0 Å². The van der Waals surface area contributed by atoms with Crippen molar-refractivity contribution in [3.8, 4) is 11.5 Å². The zero-order valence-corrected chi connectivity index (χ0v) is 11.5. The Hall–Kier alpha value is -2.42. The number of nitrogens with one attached hydrogen (secondary N) is 2. The van der Waals surface area contributed by atoms with E-state index in [9.17, 15) is 14.1 Å². The topological polar surface area (TPSA) is 108 Å². The summed E-state index contributed by atoms with van der Waals surface area (Å²) in [5.74, 6) is -1.21. The molecule has 4 N–H and O–H groups in total. The Morgan fingerprint density at radius 2 is 1.76 bits per heavy atom. The van der Waals surface area contributed by atoms with Crippen LogP contribution in [0.4, 0.5) is 0 Å². The van der Waals surface area contributed by atoms with Crippen LogP contribution in [0, 0.1) is 0 Å². The van der Waals surface area contributed by atoms with Crippen molar-refractivity contribution in [1.82, 2.24) is 11.0 Å². The molecule has 0 bridgehead atoms. The lowest BCUT2D eigenvalue weighted by Gasteiger charge is -2.07. The highest BCUT2D eigenvalue weighted by molar-refractivity contribution is 7.80. The van der Waals surface area contributed by atoms with E-state index in [1.54, 1.807) is 30.3 Å². The van der Waals surface area contributed by atoms with Crippen LogP contribution < -0.4 is 11.0 Å². The van der Waals surface area contributed by atoms with Crippen molar-refractivity contribution in [3.05, 3.63) is 54.1 Å². The number of carbonyl (C=O) groups excluding carboxylic acids is 1. The van der Waals surface area contributed by atoms with Gasteiger partial charge in [-0.1, -0.05) is 23.8 Å². The number of benzene rings is 2. The van der Waals surface area contributed by atoms with E-state index < -0.39 is 22.7 Å². The van der Waals surface area contributed by atoms with Gasteiger partial charge in [0.1, 0.15) is 0 Å². The molecule has 1 amide bonds. The molecule has 0 saturated heterocycles. The molecule has 0 heterocycles. The summed E-state index contributed by atoms with van der Waals surface area (Å²) >= 11 is -1.97. The molecule has 0 aromatic heterocycles. The van der Waals surface area contributed by atoms with Crippen molar-refractivity contribution < 1.29 is 23.5 Å². The zero-order chi connectivity index (χ0) is 15.2. The Morgan fingerprint density at radius 1 is 1.05 bits per heavy atom. The summed E-state index contributed by atoms with van der Waals surface area (Å²) in [6.07, 6.45) is 0. The standard InChI is InChI=1S/C13H12N2O5S/c16-11-7-6-10(8-12(11)17)21(19)20-15-14-13(18)9-4-2-1-3-5-9/h1-8,15-17H,(H,14,18). The van der Waals surface area contributed by atoms with Crippen LogP contribution in [0.25, 0.3) is 0 Å². The Bertz CT molecular complexity index is 663. The van der Waals surface area contributed by atoms with E-state index >= 15 is 0 Å². The maximum atomic E-state index is 11.7. The third-order valence-corrected chi connectivity index (χ3v) is 3.33. The number of hydrogen-bond acceptors (Lipinski definition) is 6. The third-order valence-electron chi connectivity index (χ3n) is 2.46. The number of hydrazine groups is 1. The molecule has 0 aliphatic carbocycles. The van der Waals surface area contributed by atoms with Crippen LogP contribution in [-0.2, 0) is 15.4 Å². The summed E-state index contributed by atoms with van der Waals surface area (Å²) in [4.78, 5) is 11.8. The van der Waals surface area contributed by atoms with E-state index in [0.29, 0.717) is 5.56 Å². The maximum absolute atomic E-state index is 11.7. The molecule has 21 heavy (non-hydrogen) atoms. The van der Waals surface area contributed by atoms with Gasteiger partial charge >= 0.3 is 0 Å². The molecule has 0 radical (unpaired) electrons. The number of rotatable bonds is 5. The highest BCUT2D eigenvalue weighted by Crippen LogP contribution is 2.26. The number of phenols is 2. The van der Waals surface area contributed by atoms with Crippen molar-refractivity contribution in [3.63, 3.8) is 0 Å². The fourth-order valence-corrected chi connectivity index (χ4v) is 2.02. The van der Waals surface area contributed by atoms with Crippen LogP contribution in [0.3, 0.4) is 0 Å². The van der Waals surface area contributed by atoms with Gasteiger partial charge in [0.05, 0.1) is 4.90 Å². The summed E-state index contributed by atoms with van der Waals surface area (Å²) in [6.45, 7) is 0. The summed E-state index contributed by atoms with van der Waals surface area (Å²) in [7, 11) is 0. The van der Waals surface area contributed by atoms with Gasteiger partial charge in [-0.3, -0.25) is 10.2 Å². The largest absolute Gasteiger partial charge is 0.504 e. The molecule has 1 atom stereocenters. The van der Waals surface area contributed by atoms with E-state index in [4.69, 9.17) is 9.39 Å². The fraction of sp³-hybridized carbons (Fsp3) is 0. The monoisotopic (exact) mass is 308 g/mol. The minimum Gasteiger partial charge on any atom is -0.504 e. The zero-order valence-electron chi connectivity index (χ0n) is 10.6.